The molecule has 7 unspecified atom stereocenters. The van der Waals surface area contributed by atoms with Crippen LogP contribution >= 0.6 is 11.6 Å². The molecule has 1 amide bonds. The summed E-state index contributed by atoms with van der Waals surface area (Å²) in [5.74, 6) is -1.66. The maximum absolute atomic E-state index is 14.6. The third-order valence-electron chi connectivity index (χ3n) is 6.21. The Balaban J connectivity index is 1.58. The van der Waals surface area contributed by atoms with Gasteiger partial charge >= 0.3 is 0 Å². The number of hydrazine groups is 1. The molecule has 28 heavy (non-hydrogen) atoms. The van der Waals surface area contributed by atoms with Crippen LogP contribution in [-0.4, -0.2) is 73.5 Å². The van der Waals surface area contributed by atoms with Gasteiger partial charge in [-0.3, -0.25) is 20.4 Å². The topological polar surface area (TPSA) is 111 Å². The van der Waals surface area contributed by atoms with Crippen molar-refractivity contribution in [2.45, 2.75) is 67.5 Å². The molecule has 0 spiro atoms. The summed E-state index contributed by atoms with van der Waals surface area (Å²) >= 11 is 6.18. The maximum Gasteiger partial charge on any atom is 0.241 e. The van der Waals surface area contributed by atoms with Gasteiger partial charge in [0.15, 0.2) is 0 Å². The molecule has 3 aliphatic rings. The van der Waals surface area contributed by atoms with E-state index in [0.717, 1.165) is 13.2 Å². The molecule has 162 valence electrons. The fourth-order valence-corrected chi connectivity index (χ4v) is 6.32. The van der Waals surface area contributed by atoms with Crippen molar-refractivity contribution in [2.24, 2.45) is 11.8 Å². The van der Waals surface area contributed by atoms with Crippen molar-refractivity contribution in [2.75, 3.05) is 20.3 Å². The molecule has 7 atom stereocenters. The third-order valence-corrected chi connectivity index (χ3v) is 8.32. The zero-order valence-corrected chi connectivity index (χ0v) is 17.6. The van der Waals surface area contributed by atoms with Crippen molar-refractivity contribution < 1.29 is 22.7 Å². The molecule has 2 saturated carbocycles. The van der Waals surface area contributed by atoms with Crippen LogP contribution in [0.1, 0.15) is 38.5 Å². The van der Waals surface area contributed by atoms with Gasteiger partial charge in [-0.2, -0.15) is 0 Å². The second-order valence-electron chi connectivity index (χ2n) is 8.38. The van der Waals surface area contributed by atoms with E-state index in [1.807, 2.05) is 7.05 Å². The summed E-state index contributed by atoms with van der Waals surface area (Å²) in [6, 6.07) is 0.134. The monoisotopic (exact) mass is 440 g/mol. The van der Waals surface area contributed by atoms with Crippen LogP contribution in [-0.2, 0) is 14.8 Å². The Morgan fingerprint density at radius 3 is 2.68 bits per heavy atom. The molecule has 0 aromatic carbocycles. The van der Waals surface area contributed by atoms with E-state index in [4.69, 9.17) is 11.6 Å². The van der Waals surface area contributed by atoms with Crippen LogP contribution in [0.15, 0.2) is 0 Å². The minimum absolute atomic E-state index is 0.0419. The van der Waals surface area contributed by atoms with Gasteiger partial charge in [0, 0.05) is 19.3 Å². The summed E-state index contributed by atoms with van der Waals surface area (Å²) in [6.45, 7) is 1.53. The number of aliphatic hydroxyl groups is 1. The highest BCUT2D eigenvalue weighted by Crippen LogP contribution is 2.37. The van der Waals surface area contributed by atoms with E-state index in [1.54, 1.807) is 0 Å². The van der Waals surface area contributed by atoms with E-state index in [9.17, 15) is 22.7 Å². The van der Waals surface area contributed by atoms with Crippen molar-refractivity contribution >= 4 is 27.5 Å². The Hall–Kier alpha value is -0.520. The summed E-state index contributed by atoms with van der Waals surface area (Å²) in [4.78, 5) is 16.8. The number of halogens is 2. The minimum atomic E-state index is -3.83. The Labute approximate surface area is 170 Å². The van der Waals surface area contributed by atoms with E-state index in [0.29, 0.717) is 32.1 Å². The molecule has 3 rings (SSSR count). The predicted molar refractivity (Wildman–Crippen MR) is 104 cm³/mol. The fraction of sp³-hybridized carbons (Fsp3) is 0.941. The Kier molecular flexibility index (Phi) is 7.20. The molecular weight excluding hydrogens is 411 g/mol. The van der Waals surface area contributed by atoms with Crippen molar-refractivity contribution in [1.82, 2.24) is 20.5 Å². The second-order valence-corrected chi connectivity index (χ2v) is 10.9. The summed E-state index contributed by atoms with van der Waals surface area (Å²) in [7, 11) is -1.85. The molecule has 1 aliphatic heterocycles. The maximum atomic E-state index is 14.6. The molecule has 0 bridgehead atoms. The first-order valence-corrected chi connectivity index (χ1v) is 11.8. The predicted octanol–water partition coefficient (Wildman–Crippen LogP) is 0.0733. The lowest BCUT2D eigenvalue weighted by Crippen LogP contribution is -2.53. The average molecular weight is 441 g/mol. The number of rotatable bonds is 5. The van der Waals surface area contributed by atoms with Crippen molar-refractivity contribution in [1.29, 1.82) is 0 Å². The first-order chi connectivity index (χ1) is 13.2. The number of nitrogens with one attached hydrogen (secondary N) is 3. The number of hydrogen-bond acceptors (Lipinski definition) is 6. The lowest BCUT2D eigenvalue weighted by molar-refractivity contribution is -0.129. The highest BCUT2D eigenvalue weighted by Gasteiger charge is 2.44. The summed E-state index contributed by atoms with van der Waals surface area (Å²) in [5.41, 5.74) is 2.19. The number of nitrogens with zero attached hydrogens (tertiary/aromatic N) is 1. The Morgan fingerprint density at radius 2 is 2.04 bits per heavy atom. The fourth-order valence-electron chi connectivity index (χ4n) is 4.56. The lowest BCUT2D eigenvalue weighted by atomic mass is 9.76. The first kappa shape index (κ1) is 22.2. The van der Waals surface area contributed by atoms with Gasteiger partial charge in [-0.1, -0.05) is 0 Å². The number of sulfonamides is 1. The molecule has 3 fully saturated rings. The van der Waals surface area contributed by atoms with Gasteiger partial charge in [-0.05, 0) is 51.5 Å². The molecule has 0 aromatic rings. The molecule has 8 nitrogen and oxygen atoms in total. The van der Waals surface area contributed by atoms with Gasteiger partial charge in [0.05, 0.1) is 22.6 Å². The molecular formula is C17H30ClFN4O4S. The number of amides is 1. The van der Waals surface area contributed by atoms with Crippen LogP contribution in [0.25, 0.3) is 0 Å². The second kappa shape index (κ2) is 9.09. The van der Waals surface area contributed by atoms with Gasteiger partial charge in [-0.25, -0.2) is 12.8 Å². The molecule has 1 saturated heterocycles. The first-order valence-electron chi connectivity index (χ1n) is 9.86. The lowest BCUT2D eigenvalue weighted by Gasteiger charge is -2.37. The van der Waals surface area contributed by atoms with Crippen LogP contribution in [0.3, 0.4) is 0 Å². The van der Waals surface area contributed by atoms with E-state index >= 15 is 0 Å². The number of carbonyl (C=O) groups is 1. The molecule has 0 aromatic heterocycles. The van der Waals surface area contributed by atoms with Gasteiger partial charge in [-0.15, -0.1) is 16.4 Å². The number of aliphatic hydroxyl groups excluding tert-OH is 1. The summed E-state index contributed by atoms with van der Waals surface area (Å²) in [6.07, 6.45) is 0.334. The van der Waals surface area contributed by atoms with Crippen LogP contribution in [0, 0.1) is 11.8 Å². The zero-order chi connectivity index (χ0) is 20.5. The Morgan fingerprint density at radius 1 is 1.29 bits per heavy atom. The number of carbonyl (C=O) groups excluding carboxylic acids is 1. The number of likely N-dealkylation sites (N-methyl/N-ethyl adjacent to an activating group) is 1. The summed E-state index contributed by atoms with van der Waals surface area (Å²) < 4.78 is 39.4. The smallest absolute Gasteiger partial charge is 0.241 e. The van der Waals surface area contributed by atoms with E-state index in [-0.39, 0.29) is 18.4 Å². The molecule has 2 aliphatic carbocycles. The van der Waals surface area contributed by atoms with Gasteiger partial charge < -0.3 is 5.11 Å². The van der Waals surface area contributed by atoms with Crippen LogP contribution in [0.5, 0.6) is 0 Å². The van der Waals surface area contributed by atoms with Crippen molar-refractivity contribution in [3.8, 4) is 0 Å². The minimum Gasteiger partial charge on any atom is -0.393 e. The SMILES string of the molecule is CN1CNC(C2CC(Cl)C(F)C(C(=O)NNS(=O)(=O)C3CCCC(O)C3)C2)C1. The molecule has 1 heterocycles. The third kappa shape index (κ3) is 5.14. The van der Waals surface area contributed by atoms with E-state index in [1.165, 1.54) is 0 Å². The van der Waals surface area contributed by atoms with Crippen LogP contribution in [0.4, 0.5) is 4.39 Å². The van der Waals surface area contributed by atoms with Crippen molar-refractivity contribution in [3.63, 3.8) is 0 Å². The zero-order valence-electron chi connectivity index (χ0n) is 16.0. The number of hydrogen-bond donors (Lipinski definition) is 4. The number of alkyl halides is 2. The van der Waals surface area contributed by atoms with Gasteiger partial charge in [0.2, 0.25) is 15.9 Å². The van der Waals surface area contributed by atoms with Crippen molar-refractivity contribution in [3.05, 3.63) is 0 Å². The molecule has 4 N–H and O–H groups in total. The average Bonchev–Trinajstić information content (AvgIpc) is 3.08. The highest BCUT2D eigenvalue weighted by molar-refractivity contribution is 7.90. The normalized spacial score (nSPS) is 40.4. The molecule has 0 radical (unpaired) electrons. The van der Waals surface area contributed by atoms with E-state index < -0.39 is 44.8 Å². The van der Waals surface area contributed by atoms with Gasteiger partial charge in [0.25, 0.3) is 0 Å². The molecule has 11 heteroatoms. The largest absolute Gasteiger partial charge is 0.393 e. The standard InChI is InChI=1S/C17H30ClFN4O4S/c1-23-8-15(20-9-23)10-5-13(16(19)14(18)6-10)17(25)21-22-28(26,27)12-4-2-3-11(24)7-12/h10-16,20,22,24H,2-9H2,1H3,(H,21,25). The summed E-state index contributed by atoms with van der Waals surface area (Å²) in [5, 5.41) is 11.5. The Bertz CT molecular complexity index is 670. The quantitative estimate of drug-likeness (QED) is 0.356. The highest BCUT2D eigenvalue weighted by atomic mass is 35.5. The van der Waals surface area contributed by atoms with Crippen LogP contribution in [0.2, 0.25) is 0 Å². The van der Waals surface area contributed by atoms with E-state index in [2.05, 4.69) is 20.5 Å². The van der Waals surface area contributed by atoms with Crippen LogP contribution < -0.4 is 15.6 Å². The van der Waals surface area contributed by atoms with Gasteiger partial charge in [0.1, 0.15) is 6.17 Å².